The van der Waals surface area contributed by atoms with E-state index in [1.54, 1.807) is 25.7 Å². The molecule has 3 rings (SSSR count). The molecule has 1 N–H and O–H groups in total. The van der Waals surface area contributed by atoms with E-state index in [1.807, 2.05) is 55.5 Å². The van der Waals surface area contributed by atoms with Crippen molar-refractivity contribution < 1.29 is 14.3 Å². The van der Waals surface area contributed by atoms with E-state index in [0.717, 1.165) is 21.3 Å². The summed E-state index contributed by atoms with van der Waals surface area (Å²) in [6.07, 6.45) is -0.165. The van der Waals surface area contributed by atoms with E-state index in [2.05, 4.69) is 21.2 Å². The zero-order chi connectivity index (χ0) is 20.5. The SMILES string of the molecule is C[C@@H](c1ccccc1)N1C(=O)[C@H](NC(=O)OC(C)(C)C)Cc2cc(Br)ccc21. The highest BCUT2D eigenvalue weighted by atomic mass is 79.9. The number of carbonyl (C=O) groups is 2. The van der Waals surface area contributed by atoms with Crippen LogP contribution in [0.3, 0.4) is 0 Å². The maximum Gasteiger partial charge on any atom is 0.408 e. The van der Waals surface area contributed by atoms with Crippen molar-refractivity contribution in [3.05, 3.63) is 64.1 Å². The van der Waals surface area contributed by atoms with Crippen molar-refractivity contribution >= 4 is 33.6 Å². The highest BCUT2D eigenvalue weighted by Crippen LogP contribution is 2.36. The number of carbonyl (C=O) groups excluding carboxylic acids is 2. The molecule has 0 saturated carbocycles. The molecule has 5 nitrogen and oxygen atoms in total. The number of halogens is 1. The Bertz CT molecular complexity index is 877. The Kier molecular flexibility index (Phi) is 5.79. The lowest BCUT2D eigenvalue weighted by molar-refractivity contribution is -0.121. The lowest BCUT2D eigenvalue weighted by Crippen LogP contribution is -2.54. The fourth-order valence-electron chi connectivity index (χ4n) is 3.39. The van der Waals surface area contributed by atoms with Gasteiger partial charge in [0.05, 0.1) is 6.04 Å². The average Bonchev–Trinajstić information content (AvgIpc) is 2.61. The van der Waals surface area contributed by atoms with Gasteiger partial charge in [0.15, 0.2) is 0 Å². The molecular weight excluding hydrogens is 420 g/mol. The van der Waals surface area contributed by atoms with Gasteiger partial charge in [-0.15, -0.1) is 0 Å². The highest BCUT2D eigenvalue weighted by Gasteiger charge is 2.37. The topological polar surface area (TPSA) is 58.6 Å². The second-order valence-electron chi connectivity index (χ2n) is 7.97. The summed E-state index contributed by atoms with van der Waals surface area (Å²) in [6.45, 7) is 7.39. The Balaban J connectivity index is 1.94. The smallest absolute Gasteiger partial charge is 0.408 e. The molecule has 148 valence electrons. The van der Waals surface area contributed by atoms with Crippen molar-refractivity contribution in [1.82, 2.24) is 5.32 Å². The highest BCUT2D eigenvalue weighted by molar-refractivity contribution is 9.10. The molecule has 0 unspecified atom stereocenters. The minimum absolute atomic E-state index is 0.142. The van der Waals surface area contributed by atoms with Crippen molar-refractivity contribution in [2.75, 3.05) is 4.90 Å². The van der Waals surface area contributed by atoms with Crippen LogP contribution >= 0.6 is 15.9 Å². The fourth-order valence-corrected chi connectivity index (χ4v) is 3.80. The first kappa shape index (κ1) is 20.4. The van der Waals surface area contributed by atoms with Crippen molar-refractivity contribution in [3.63, 3.8) is 0 Å². The molecule has 1 aliphatic heterocycles. The van der Waals surface area contributed by atoms with Gasteiger partial charge in [0.25, 0.3) is 5.91 Å². The van der Waals surface area contributed by atoms with E-state index >= 15 is 0 Å². The zero-order valence-electron chi connectivity index (χ0n) is 16.5. The van der Waals surface area contributed by atoms with E-state index < -0.39 is 17.7 Å². The van der Waals surface area contributed by atoms with Crippen molar-refractivity contribution in [1.29, 1.82) is 0 Å². The fraction of sp³-hybridized carbons (Fsp3) is 0.364. The van der Waals surface area contributed by atoms with Gasteiger partial charge in [0.2, 0.25) is 0 Å². The monoisotopic (exact) mass is 444 g/mol. The van der Waals surface area contributed by atoms with Gasteiger partial charge in [-0.3, -0.25) is 4.79 Å². The number of alkyl carbamates (subject to hydrolysis) is 1. The molecule has 2 amide bonds. The summed E-state index contributed by atoms with van der Waals surface area (Å²) in [5.41, 5.74) is 2.27. The number of hydrogen-bond donors (Lipinski definition) is 1. The second kappa shape index (κ2) is 7.95. The van der Waals surface area contributed by atoms with Crippen LogP contribution in [-0.2, 0) is 16.0 Å². The Morgan fingerprint density at radius 3 is 2.54 bits per heavy atom. The summed E-state index contributed by atoms with van der Waals surface area (Å²) >= 11 is 3.50. The standard InChI is InChI=1S/C22H25BrN2O3/c1-14(15-8-6-5-7-9-15)25-19-11-10-17(23)12-16(19)13-18(20(25)26)24-21(27)28-22(2,3)4/h5-12,14,18H,13H2,1-4H3,(H,24,27)/t14-,18+/m0/s1. The molecule has 1 heterocycles. The maximum absolute atomic E-state index is 13.3. The Hall–Kier alpha value is -2.34. The summed E-state index contributed by atoms with van der Waals surface area (Å²) in [4.78, 5) is 27.4. The molecule has 0 aliphatic carbocycles. The maximum atomic E-state index is 13.3. The number of nitrogens with one attached hydrogen (secondary N) is 1. The third-order valence-corrected chi connectivity index (χ3v) is 5.11. The minimum atomic E-state index is -0.678. The van der Waals surface area contributed by atoms with Gasteiger partial charge in [0, 0.05) is 16.6 Å². The molecule has 2 aromatic rings. The number of fused-ring (bicyclic) bond motifs is 1. The van der Waals surface area contributed by atoms with Crippen molar-refractivity contribution in [2.24, 2.45) is 0 Å². The third kappa shape index (κ3) is 4.55. The molecule has 2 aromatic carbocycles. The van der Waals surface area contributed by atoms with Crippen LogP contribution in [0.5, 0.6) is 0 Å². The van der Waals surface area contributed by atoms with Crippen LogP contribution in [0.1, 0.15) is 44.9 Å². The molecule has 0 bridgehead atoms. The normalized spacial score (nSPS) is 17.7. The van der Waals surface area contributed by atoms with Gasteiger partial charge in [0.1, 0.15) is 11.6 Å². The summed E-state index contributed by atoms with van der Waals surface area (Å²) in [6, 6.07) is 14.9. The largest absolute Gasteiger partial charge is 0.444 e. The Morgan fingerprint density at radius 1 is 1.21 bits per heavy atom. The molecule has 0 spiro atoms. The van der Waals surface area contributed by atoms with Crippen LogP contribution in [0, 0.1) is 0 Å². The molecule has 0 radical (unpaired) electrons. The summed E-state index contributed by atoms with van der Waals surface area (Å²) < 4.78 is 6.28. The van der Waals surface area contributed by atoms with Crippen LogP contribution in [0.2, 0.25) is 0 Å². The van der Waals surface area contributed by atoms with E-state index in [-0.39, 0.29) is 11.9 Å². The van der Waals surface area contributed by atoms with Crippen LogP contribution in [0.4, 0.5) is 10.5 Å². The van der Waals surface area contributed by atoms with Gasteiger partial charge in [-0.05, 0) is 57.0 Å². The van der Waals surface area contributed by atoms with E-state index in [4.69, 9.17) is 4.74 Å². The Morgan fingerprint density at radius 2 is 1.89 bits per heavy atom. The quantitative estimate of drug-likeness (QED) is 0.724. The predicted octanol–water partition coefficient (Wildman–Crippen LogP) is 4.99. The zero-order valence-corrected chi connectivity index (χ0v) is 18.1. The minimum Gasteiger partial charge on any atom is -0.444 e. The molecule has 2 atom stereocenters. The van der Waals surface area contributed by atoms with E-state index in [9.17, 15) is 9.59 Å². The summed E-state index contributed by atoms with van der Waals surface area (Å²) in [7, 11) is 0. The number of nitrogens with zero attached hydrogens (tertiary/aromatic N) is 1. The van der Waals surface area contributed by atoms with Gasteiger partial charge < -0.3 is 15.0 Å². The second-order valence-corrected chi connectivity index (χ2v) is 8.89. The first-order valence-electron chi connectivity index (χ1n) is 9.31. The molecule has 1 aliphatic rings. The first-order chi connectivity index (χ1) is 13.2. The van der Waals surface area contributed by atoms with Crippen molar-refractivity contribution in [3.8, 4) is 0 Å². The molecular formula is C22H25BrN2O3. The number of rotatable bonds is 3. The first-order valence-corrected chi connectivity index (χ1v) is 10.1. The lowest BCUT2D eigenvalue weighted by atomic mass is 9.94. The van der Waals surface area contributed by atoms with Gasteiger partial charge in [-0.2, -0.15) is 0 Å². The summed E-state index contributed by atoms with van der Waals surface area (Å²) in [5.74, 6) is -0.142. The van der Waals surface area contributed by atoms with Crippen LogP contribution in [0.15, 0.2) is 53.0 Å². The predicted molar refractivity (Wildman–Crippen MR) is 113 cm³/mol. The van der Waals surface area contributed by atoms with E-state index in [0.29, 0.717) is 6.42 Å². The van der Waals surface area contributed by atoms with E-state index in [1.165, 1.54) is 0 Å². The van der Waals surface area contributed by atoms with Gasteiger partial charge >= 0.3 is 6.09 Å². The number of anilines is 1. The Labute approximate surface area is 174 Å². The average molecular weight is 445 g/mol. The number of benzene rings is 2. The van der Waals surface area contributed by atoms with Crippen LogP contribution in [-0.4, -0.2) is 23.6 Å². The summed E-state index contributed by atoms with van der Waals surface area (Å²) in [5, 5.41) is 2.75. The lowest BCUT2D eigenvalue weighted by Gasteiger charge is -2.38. The number of amides is 2. The third-order valence-electron chi connectivity index (χ3n) is 4.62. The van der Waals surface area contributed by atoms with Crippen LogP contribution in [0.25, 0.3) is 0 Å². The van der Waals surface area contributed by atoms with Crippen molar-refractivity contribution in [2.45, 2.75) is 51.8 Å². The molecule has 0 aromatic heterocycles. The number of hydrogen-bond acceptors (Lipinski definition) is 3. The molecule has 0 fully saturated rings. The van der Waals surface area contributed by atoms with Gasteiger partial charge in [-0.25, -0.2) is 4.79 Å². The molecule has 28 heavy (non-hydrogen) atoms. The van der Waals surface area contributed by atoms with Crippen LogP contribution < -0.4 is 10.2 Å². The molecule has 0 saturated heterocycles. The van der Waals surface area contributed by atoms with Gasteiger partial charge in [-0.1, -0.05) is 46.3 Å². The molecule has 6 heteroatoms. The number of ether oxygens (including phenoxy) is 1.